The third kappa shape index (κ3) is 4.55. The summed E-state index contributed by atoms with van der Waals surface area (Å²) in [7, 11) is 0. The predicted octanol–water partition coefficient (Wildman–Crippen LogP) is 3.52. The van der Waals surface area contributed by atoms with Gasteiger partial charge in [0.2, 0.25) is 5.91 Å². The molecule has 1 amide bonds. The second-order valence-electron chi connectivity index (χ2n) is 4.71. The Hall–Kier alpha value is -1.91. The summed E-state index contributed by atoms with van der Waals surface area (Å²) >= 11 is 5.66. The van der Waals surface area contributed by atoms with E-state index in [-0.39, 0.29) is 17.5 Å². The van der Waals surface area contributed by atoms with Gasteiger partial charge in [-0.15, -0.1) is 0 Å². The number of rotatable bonds is 5. The number of carbonyl (C=O) groups excluding carboxylic acids is 1. The van der Waals surface area contributed by atoms with Crippen LogP contribution in [0.3, 0.4) is 0 Å². The summed E-state index contributed by atoms with van der Waals surface area (Å²) < 4.78 is 13.0. The molecule has 0 aliphatic carbocycles. The monoisotopic (exact) mass is 306 g/mol. The molecule has 2 aromatic rings. The van der Waals surface area contributed by atoms with Crippen LogP contribution in [-0.2, 0) is 11.3 Å². The van der Waals surface area contributed by atoms with E-state index in [1.165, 1.54) is 23.8 Å². The molecule has 0 heterocycles. The molecule has 0 spiro atoms. The fourth-order valence-electron chi connectivity index (χ4n) is 1.90. The average Bonchev–Trinajstić information content (AvgIpc) is 2.45. The molecule has 0 aromatic heterocycles. The van der Waals surface area contributed by atoms with Gasteiger partial charge in [-0.1, -0.05) is 35.9 Å². The SMILES string of the molecule is Cc1ccccc1CNCC(=O)Nc1ccc(F)c(Cl)c1. The first-order valence-corrected chi connectivity index (χ1v) is 6.94. The van der Waals surface area contributed by atoms with E-state index in [0.717, 1.165) is 5.56 Å². The zero-order valence-corrected chi connectivity index (χ0v) is 12.4. The zero-order valence-electron chi connectivity index (χ0n) is 11.6. The summed E-state index contributed by atoms with van der Waals surface area (Å²) in [6, 6.07) is 12.1. The van der Waals surface area contributed by atoms with Gasteiger partial charge in [0, 0.05) is 12.2 Å². The van der Waals surface area contributed by atoms with Crippen LogP contribution >= 0.6 is 11.6 Å². The molecule has 5 heteroatoms. The number of nitrogens with one attached hydrogen (secondary N) is 2. The highest BCUT2D eigenvalue weighted by Crippen LogP contribution is 2.19. The molecule has 0 bridgehead atoms. The standard InChI is InChI=1S/C16H16ClFN2O/c1-11-4-2-3-5-12(11)9-19-10-16(21)20-13-6-7-15(18)14(17)8-13/h2-8,19H,9-10H2,1H3,(H,20,21). The van der Waals surface area contributed by atoms with Gasteiger partial charge in [-0.3, -0.25) is 4.79 Å². The first kappa shape index (κ1) is 15.5. The van der Waals surface area contributed by atoms with Crippen molar-refractivity contribution in [1.82, 2.24) is 5.32 Å². The number of benzene rings is 2. The maximum atomic E-state index is 13.0. The van der Waals surface area contributed by atoms with Gasteiger partial charge in [-0.05, 0) is 36.2 Å². The molecule has 0 aliphatic rings. The molecule has 3 nitrogen and oxygen atoms in total. The van der Waals surface area contributed by atoms with Crippen molar-refractivity contribution >= 4 is 23.2 Å². The van der Waals surface area contributed by atoms with Gasteiger partial charge in [0.25, 0.3) is 0 Å². The lowest BCUT2D eigenvalue weighted by Crippen LogP contribution is -2.27. The summed E-state index contributed by atoms with van der Waals surface area (Å²) in [5.74, 6) is -0.710. The lowest BCUT2D eigenvalue weighted by molar-refractivity contribution is -0.115. The van der Waals surface area contributed by atoms with Crippen molar-refractivity contribution in [1.29, 1.82) is 0 Å². The minimum Gasteiger partial charge on any atom is -0.325 e. The van der Waals surface area contributed by atoms with Crippen molar-refractivity contribution in [2.45, 2.75) is 13.5 Å². The van der Waals surface area contributed by atoms with Gasteiger partial charge in [-0.2, -0.15) is 0 Å². The summed E-state index contributed by atoms with van der Waals surface area (Å²) in [5.41, 5.74) is 2.80. The first-order chi connectivity index (χ1) is 10.1. The maximum Gasteiger partial charge on any atom is 0.238 e. The molecule has 0 saturated carbocycles. The number of amides is 1. The largest absolute Gasteiger partial charge is 0.325 e. The second kappa shape index (κ2) is 7.20. The summed E-state index contributed by atoms with van der Waals surface area (Å²) in [6.07, 6.45) is 0. The van der Waals surface area contributed by atoms with Crippen molar-refractivity contribution in [2.24, 2.45) is 0 Å². The van der Waals surface area contributed by atoms with Crippen LogP contribution in [0.4, 0.5) is 10.1 Å². The van der Waals surface area contributed by atoms with Crippen LogP contribution < -0.4 is 10.6 Å². The number of halogens is 2. The highest BCUT2D eigenvalue weighted by Gasteiger charge is 2.05. The Kier molecular flexibility index (Phi) is 5.31. The van der Waals surface area contributed by atoms with E-state index in [1.54, 1.807) is 0 Å². The summed E-state index contributed by atoms with van der Waals surface area (Å²) in [5, 5.41) is 5.71. The molecule has 21 heavy (non-hydrogen) atoms. The van der Waals surface area contributed by atoms with Crippen molar-refractivity contribution < 1.29 is 9.18 Å². The van der Waals surface area contributed by atoms with Crippen LogP contribution in [0, 0.1) is 12.7 Å². The highest BCUT2D eigenvalue weighted by molar-refractivity contribution is 6.31. The molecule has 0 saturated heterocycles. The van der Waals surface area contributed by atoms with Gasteiger partial charge in [0.05, 0.1) is 11.6 Å². The van der Waals surface area contributed by atoms with Crippen molar-refractivity contribution in [3.05, 3.63) is 64.4 Å². The van der Waals surface area contributed by atoms with E-state index in [2.05, 4.69) is 10.6 Å². The highest BCUT2D eigenvalue weighted by atomic mass is 35.5. The van der Waals surface area contributed by atoms with Crippen molar-refractivity contribution in [3.8, 4) is 0 Å². The van der Waals surface area contributed by atoms with Crippen LogP contribution in [-0.4, -0.2) is 12.5 Å². The topological polar surface area (TPSA) is 41.1 Å². The maximum absolute atomic E-state index is 13.0. The average molecular weight is 307 g/mol. The smallest absolute Gasteiger partial charge is 0.238 e. The number of aryl methyl sites for hydroxylation is 1. The molecule has 2 rings (SSSR count). The molecular formula is C16H16ClFN2O. The van der Waals surface area contributed by atoms with Crippen LogP contribution in [0.25, 0.3) is 0 Å². The van der Waals surface area contributed by atoms with Crippen LogP contribution in [0.2, 0.25) is 5.02 Å². The number of hydrogen-bond donors (Lipinski definition) is 2. The first-order valence-electron chi connectivity index (χ1n) is 6.56. The Bertz CT molecular complexity index is 646. The number of carbonyl (C=O) groups is 1. The lowest BCUT2D eigenvalue weighted by atomic mass is 10.1. The quantitative estimate of drug-likeness (QED) is 0.887. The van der Waals surface area contributed by atoms with E-state index in [1.807, 2.05) is 31.2 Å². The fourth-order valence-corrected chi connectivity index (χ4v) is 2.08. The Balaban J connectivity index is 1.82. The number of hydrogen-bond acceptors (Lipinski definition) is 2. The van der Waals surface area contributed by atoms with E-state index in [9.17, 15) is 9.18 Å². The molecule has 110 valence electrons. The molecule has 0 radical (unpaired) electrons. The molecular weight excluding hydrogens is 291 g/mol. The van der Waals surface area contributed by atoms with Gasteiger partial charge in [0.15, 0.2) is 0 Å². The van der Waals surface area contributed by atoms with Gasteiger partial charge in [0.1, 0.15) is 5.82 Å². The molecule has 0 fully saturated rings. The number of anilines is 1. The van der Waals surface area contributed by atoms with Gasteiger partial charge >= 0.3 is 0 Å². The fraction of sp³-hybridized carbons (Fsp3) is 0.188. The normalized spacial score (nSPS) is 10.4. The third-order valence-electron chi connectivity index (χ3n) is 3.07. The lowest BCUT2D eigenvalue weighted by Gasteiger charge is -2.09. The minimum atomic E-state index is -0.507. The minimum absolute atomic E-state index is 0.0133. The Morgan fingerprint density at radius 2 is 2.00 bits per heavy atom. The Morgan fingerprint density at radius 3 is 2.71 bits per heavy atom. The van der Waals surface area contributed by atoms with E-state index in [0.29, 0.717) is 12.2 Å². The molecule has 0 unspecified atom stereocenters. The van der Waals surface area contributed by atoms with Crippen LogP contribution in [0.5, 0.6) is 0 Å². The Labute approximate surface area is 128 Å². The summed E-state index contributed by atoms with van der Waals surface area (Å²) in [4.78, 5) is 11.8. The van der Waals surface area contributed by atoms with Crippen molar-refractivity contribution in [2.75, 3.05) is 11.9 Å². The molecule has 2 aromatic carbocycles. The van der Waals surface area contributed by atoms with E-state index in [4.69, 9.17) is 11.6 Å². The predicted molar refractivity (Wildman–Crippen MR) is 82.9 cm³/mol. The van der Waals surface area contributed by atoms with Crippen LogP contribution in [0.1, 0.15) is 11.1 Å². The molecule has 0 aliphatic heterocycles. The molecule has 2 N–H and O–H groups in total. The van der Waals surface area contributed by atoms with E-state index < -0.39 is 5.82 Å². The van der Waals surface area contributed by atoms with Gasteiger partial charge < -0.3 is 10.6 Å². The summed E-state index contributed by atoms with van der Waals surface area (Å²) in [6.45, 7) is 2.81. The zero-order chi connectivity index (χ0) is 15.2. The second-order valence-corrected chi connectivity index (χ2v) is 5.11. The van der Waals surface area contributed by atoms with E-state index >= 15 is 0 Å². The Morgan fingerprint density at radius 1 is 1.24 bits per heavy atom. The van der Waals surface area contributed by atoms with Crippen molar-refractivity contribution in [3.63, 3.8) is 0 Å². The van der Waals surface area contributed by atoms with Crippen LogP contribution in [0.15, 0.2) is 42.5 Å². The molecule has 0 atom stereocenters. The third-order valence-corrected chi connectivity index (χ3v) is 3.36. The van der Waals surface area contributed by atoms with Gasteiger partial charge in [-0.25, -0.2) is 4.39 Å².